The van der Waals surface area contributed by atoms with Crippen molar-refractivity contribution in [1.82, 2.24) is 10.3 Å². The van der Waals surface area contributed by atoms with Gasteiger partial charge in [-0.15, -0.1) is 0 Å². The summed E-state index contributed by atoms with van der Waals surface area (Å²) in [4.78, 5) is 4.06. The highest BCUT2D eigenvalue weighted by Crippen LogP contribution is 2.18. The topological polar surface area (TPSA) is 34.1 Å². The van der Waals surface area contributed by atoms with Gasteiger partial charge in [0.2, 0.25) is 0 Å². The van der Waals surface area contributed by atoms with Crippen LogP contribution >= 0.6 is 0 Å². The van der Waals surface area contributed by atoms with Gasteiger partial charge in [0.15, 0.2) is 0 Å². The van der Waals surface area contributed by atoms with Crippen molar-refractivity contribution in [3.05, 3.63) is 24.0 Å². The molecule has 1 atom stereocenters. The number of nitrogens with zero attached hydrogens (tertiary/aromatic N) is 1. The highest BCUT2D eigenvalue weighted by atomic mass is 16.5. The smallest absolute Gasteiger partial charge is 0.142 e. The number of pyridine rings is 1. The van der Waals surface area contributed by atoms with Crippen LogP contribution in [0.25, 0.3) is 0 Å². The molecule has 0 aliphatic carbocycles. The minimum atomic E-state index is 0.245. The average Bonchev–Trinajstić information content (AvgIpc) is 2.21. The molecule has 1 aromatic heterocycles. The molecular weight excluding hydrogens is 176 g/mol. The molecule has 0 fully saturated rings. The highest BCUT2D eigenvalue weighted by molar-refractivity contribution is 5.29. The normalized spacial score (nSPS) is 12.5. The molecule has 0 amide bonds. The Morgan fingerprint density at radius 2 is 2.36 bits per heavy atom. The number of aromatic nitrogens is 1. The van der Waals surface area contributed by atoms with E-state index in [-0.39, 0.29) is 6.10 Å². The second-order valence-corrected chi connectivity index (χ2v) is 3.35. The molecule has 0 aliphatic rings. The van der Waals surface area contributed by atoms with E-state index >= 15 is 0 Å². The van der Waals surface area contributed by atoms with Gasteiger partial charge in [-0.05, 0) is 26.5 Å². The van der Waals surface area contributed by atoms with Crippen LogP contribution in [0.4, 0.5) is 0 Å². The molecule has 0 saturated heterocycles. The maximum atomic E-state index is 5.74. The third-order valence-corrected chi connectivity index (χ3v) is 2.14. The van der Waals surface area contributed by atoms with Gasteiger partial charge in [-0.2, -0.15) is 0 Å². The molecule has 1 heterocycles. The molecule has 0 aromatic carbocycles. The molecule has 0 spiro atoms. The van der Waals surface area contributed by atoms with Crippen molar-refractivity contribution in [2.24, 2.45) is 0 Å². The first kappa shape index (κ1) is 11.0. The number of nitrogens with one attached hydrogen (secondary N) is 1. The predicted molar refractivity (Wildman–Crippen MR) is 57.4 cm³/mol. The van der Waals surface area contributed by atoms with Crippen molar-refractivity contribution < 1.29 is 4.74 Å². The lowest BCUT2D eigenvalue weighted by atomic mass is 10.2. The lowest BCUT2D eigenvalue weighted by Gasteiger charge is -2.15. The van der Waals surface area contributed by atoms with E-state index in [1.807, 2.05) is 13.1 Å². The van der Waals surface area contributed by atoms with Crippen LogP contribution in [0.1, 0.15) is 25.8 Å². The molecule has 1 rings (SSSR count). The Bertz CT molecular complexity index is 276. The van der Waals surface area contributed by atoms with Gasteiger partial charge >= 0.3 is 0 Å². The van der Waals surface area contributed by atoms with Gasteiger partial charge in [-0.25, -0.2) is 0 Å². The summed E-state index contributed by atoms with van der Waals surface area (Å²) in [6.07, 6.45) is 4.82. The van der Waals surface area contributed by atoms with Crippen LogP contribution in [-0.2, 0) is 6.54 Å². The highest BCUT2D eigenvalue weighted by Gasteiger charge is 2.05. The predicted octanol–water partition coefficient (Wildman–Crippen LogP) is 1.98. The Labute approximate surface area is 85.5 Å². The third-order valence-electron chi connectivity index (χ3n) is 2.14. The quantitative estimate of drug-likeness (QED) is 0.778. The Kier molecular flexibility index (Phi) is 4.40. The fraction of sp³-hybridized carbons (Fsp3) is 0.545. The van der Waals surface area contributed by atoms with E-state index in [2.05, 4.69) is 24.1 Å². The van der Waals surface area contributed by atoms with Crippen LogP contribution < -0.4 is 10.1 Å². The minimum Gasteiger partial charge on any atom is -0.489 e. The molecule has 14 heavy (non-hydrogen) atoms. The first-order valence-electron chi connectivity index (χ1n) is 5.02. The summed E-state index contributed by atoms with van der Waals surface area (Å²) >= 11 is 0. The molecule has 1 N–H and O–H groups in total. The monoisotopic (exact) mass is 194 g/mol. The van der Waals surface area contributed by atoms with Crippen LogP contribution in [0.3, 0.4) is 0 Å². The summed E-state index contributed by atoms with van der Waals surface area (Å²) < 4.78 is 5.74. The fourth-order valence-corrected chi connectivity index (χ4v) is 1.15. The summed E-state index contributed by atoms with van der Waals surface area (Å²) in [6, 6.07) is 1.98. The number of hydrogen-bond acceptors (Lipinski definition) is 3. The third kappa shape index (κ3) is 3.00. The Balaban J connectivity index is 2.73. The van der Waals surface area contributed by atoms with Crippen LogP contribution in [0, 0.1) is 0 Å². The standard InChI is InChI=1S/C11H18N2O/c1-4-9(2)14-11-8-13-6-5-10(11)7-12-3/h5-6,8-9,12H,4,7H2,1-3H3. The maximum absolute atomic E-state index is 5.74. The van der Waals surface area contributed by atoms with Crippen molar-refractivity contribution in [2.75, 3.05) is 7.05 Å². The average molecular weight is 194 g/mol. The summed E-state index contributed by atoms with van der Waals surface area (Å²) in [6.45, 7) is 4.99. The number of ether oxygens (including phenoxy) is 1. The zero-order chi connectivity index (χ0) is 10.4. The van der Waals surface area contributed by atoms with Gasteiger partial charge in [0, 0.05) is 18.3 Å². The number of rotatable bonds is 5. The van der Waals surface area contributed by atoms with Crippen molar-refractivity contribution >= 4 is 0 Å². The van der Waals surface area contributed by atoms with Crippen molar-refractivity contribution in [1.29, 1.82) is 0 Å². The van der Waals surface area contributed by atoms with E-state index in [1.54, 1.807) is 12.4 Å². The zero-order valence-corrected chi connectivity index (χ0v) is 9.08. The second kappa shape index (κ2) is 5.60. The first-order valence-corrected chi connectivity index (χ1v) is 5.02. The molecule has 3 heteroatoms. The summed E-state index contributed by atoms with van der Waals surface area (Å²) in [5.41, 5.74) is 1.16. The molecule has 3 nitrogen and oxygen atoms in total. The van der Waals surface area contributed by atoms with Crippen LogP contribution in [0.5, 0.6) is 5.75 Å². The van der Waals surface area contributed by atoms with Crippen LogP contribution in [0.2, 0.25) is 0 Å². The van der Waals surface area contributed by atoms with Gasteiger partial charge in [0.1, 0.15) is 5.75 Å². The van der Waals surface area contributed by atoms with E-state index in [0.717, 1.165) is 24.3 Å². The Morgan fingerprint density at radius 1 is 1.57 bits per heavy atom. The summed E-state index contributed by atoms with van der Waals surface area (Å²) in [7, 11) is 1.92. The fourth-order valence-electron chi connectivity index (χ4n) is 1.15. The van der Waals surface area contributed by atoms with E-state index in [1.165, 1.54) is 0 Å². The molecular formula is C11H18N2O. The van der Waals surface area contributed by atoms with Crippen molar-refractivity contribution in [3.8, 4) is 5.75 Å². The maximum Gasteiger partial charge on any atom is 0.142 e. The lowest BCUT2D eigenvalue weighted by Crippen LogP contribution is -2.13. The molecule has 1 unspecified atom stereocenters. The number of hydrogen-bond donors (Lipinski definition) is 1. The lowest BCUT2D eigenvalue weighted by molar-refractivity contribution is 0.214. The van der Waals surface area contributed by atoms with Crippen LogP contribution in [-0.4, -0.2) is 18.1 Å². The summed E-state index contributed by atoms with van der Waals surface area (Å²) in [5.74, 6) is 0.885. The van der Waals surface area contributed by atoms with Gasteiger partial charge in [0.05, 0.1) is 12.3 Å². The summed E-state index contributed by atoms with van der Waals surface area (Å²) in [5, 5.41) is 3.11. The minimum absolute atomic E-state index is 0.245. The second-order valence-electron chi connectivity index (χ2n) is 3.35. The van der Waals surface area contributed by atoms with Crippen LogP contribution in [0.15, 0.2) is 18.5 Å². The largest absolute Gasteiger partial charge is 0.489 e. The van der Waals surface area contributed by atoms with Crippen molar-refractivity contribution in [2.45, 2.75) is 32.9 Å². The van der Waals surface area contributed by atoms with Crippen molar-refractivity contribution in [3.63, 3.8) is 0 Å². The molecule has 0 radical (unpaired) electrons. The first-order chi connectivity index (χ1) is 6.77. The van der Waals surface area contributed by atoms with E-state index < -0.39 is 0 Å². The molecule has 78 valence electrons. The zero-order valence-electron chi connectivity index (χ0n) is 9.08. The van der Waals surface area contributed by atoms with Gasteiger partial charge < -0.3 is 10.1 Å². The molecule has 0 bridgehead atoms. The van der Waals surface area contributed by atoms with E-state index in [4.69, 9.17) is 4.74 Å². The molecule has 0 aliphatic heterocycles. The van der Waals surface area contributed by atoms with Gasteiger partial charge in [-0.1, -0.05) is 6.92 Å². The Hall–Kier alpha value is -1.09. The van der Waals surface area contributed by atoms with E-state index in [0.29, 0.717) is 0 Å². The Morgan fingerprint density at radius 3 is 3.00 bits per heavy atom. The van der Waals surface area contributed by atoms with Gasteiger partial charge in [-0.3, -0.25) is 4.98 Å². The SMILES string of the molecule is CCC(C)Oc1cnccc1CNC. The molecule has 0 saturated carbocycles. The molecule has 1 aromatic rings. The van der Waals surface area contributed by atoms with E-state index in [9.17, 15) is 0 Å². The van der Waals surface area contributed by atoms with Gasteiger partial charge in [0.25, 0.3) is 0 Å².